The number of hydrogen-bond acceptors (Lipinski definition) is 2. The highest BCUT2D eigenvalue weighted by molar-refractivity contribution is 6.30. The molecule has 0 spiro atoms. The summed E-state index contributed by atoms with van der Waals surface area (Å²) in [6, 6.07) is 37.7. The fraction of sp³-hybridized carbons (Fsp3) is 0.121. The SMILES string of the molecule is Clc1ccc(-c2cc3ccccc3c(C3(C4O/C(=C/c5ccccc5)c5ccccc54)CC3)n2)cc1. The lowest BCUT2D eigenvalue weighted by Crippen LogP contribution is -2.20. The summed E-state index contributed by atoms with van der Waals surface area (Å²) >= 11 is 6.17. The number of pyridine rings is 1. The summed E-state index contributed by atoms with van der Waals surface area (Å²) < 4.78 is 6.83. The first kappa shape index (κ1) is 21.4. The standard InChI is InChI=1S/C33H24ClNO/c34-25-16-14-23(15-17-25)29-21-24-10-4-5-11-26(24)31(35-29)33(18-19-33)32-28-13-7-6-12-27(28)30(36-32)20-22-8-2-1-3-9-22/h1-17,20-21,32H,18-19H2/b30-20+. The first-order valence-electron chi connectivity index (χ1n) is 12.4. The summed E-state index contributed by atoms with van der Waals surface area (Å²) in [5, 5.41) is 3.13. The van der Waals surface area contributed by atoms with Gasteiger partial charge in [-0.1, -0.05) is 103 Å². The smallest absolute Gasteiger partial charge is 0.136 e. The van der Waals surface area contributed by atoms with Crippen LogP contribution in [0.5, 0.6) is 0 Å². The third-order valence-electron chi connectivity index (χ3n) is 7.49. The van der Waals surface area contributed by atoms with Gasteiger partial charge in [0.2, 0.25) is 0 Å². The molecule has 0 radical (unpaired) electrons. The van der Waals surface area contributed by atoms with Crippen molar-refractivity contribution in [2.75, 3.05) is 0 Å². The van der Waals surface area contributed by atoms with E-state index in [-0.39, 0.29) is 11.5 Å². The normalized spacial score (nSPS) is 18.7. The highest BCUT2D eigenvalue weighted by atomic mass is 35.5. The van der Waals surface area contributed by atoms with Crippen LogP contribution in [0.1, 0.15) is 41.3 Å². The number of fused-ring (bicyclic) bond motifs is 2. The van der Waals surface area contributed by atoms with Crippen LogP contribution in [0.25, 0.3) is 33.9 Å². The van der Waals surface area contributed by atoms with E-state index >= 15 is 0 Å². The van der Waals surface area contributed by atoms with Gasteiger partial charge in [-0.15, -0.1) is 0 Å². The Balaban J connectivity index is 1.38. The monoisotopic (exact) mass is 485 g/mol. The molecular formula is C33H24ClNO. The van der Waals surface area contributed by atoms with E-state index in [0.717, 1.165) is 46.1 Å². The Kier molecular flexibility index (Phi) is 4.97. The first-order chi connectivity index (χ1) is 17.7. The van der Waals surface area contributed by atoms with E-state index in [9.17, 15) is 0 Å². The molecule has 0 N–H and O–H groups in total. The lowest BCUT2D eigenvalue weighted by molar-refractivity contribution is 0.144. The number of nitrogens with zero attached hydrogens (tertiary/aromatic N) is 1. The minimum atomic E-state index is -0.162. The van der Waals surface area contributed by atoms with Crippen LogP contribution < -0.4 is 0 Å². The van der Waals surface area contributed by atoms with Gasteiger partial charge >= 0.3 is 0 Å². The molecule has 3 heteroatoms. The van der Waals surface area contributed by atoms with E-state index in [2.05, 4.69) is 84.9 Å². The Morgan fingerprint density at radius 1 is 0.806 bits per heavy atom. The maximum Gasteiger partial charge on any atom is 0.136 e. The summed E-state index contributed by atoms with van der Waals surface area (Å²) in [5.41, 5.74) is 6.57. The molecule has 2 aliphatic rings. The Labute approximate surface area is 215 Å². The average Bonchev–Trinajstić information content (AvgIpc) is 3.65. The van der Waals surface area contributed by atoms with Crippen molar-refractivity contribution in [3.63, 3.8) is 0 Å². The Morgan fingerprint density at radius 3 is 2.33 bits per heavy atom. The van der Waals surface area contributed by atoms with Gasteiger partial charge in [0.1, 0.15) is 11.9 Å². The van der Waals surface area contributed by atoms with E-state index in [4.69, 9.17) is 21.3 Å². The molecule has 1 aromatic heterocycles. The Bertz CT molecular complexity index is 1620. The predicted octanol–water partition coefficient (Wildman–Crippen LogP) is 8.86. The van der Waals surface area contributed by atoms with Crippen LogP contribution in [0.15, 0.2) is 109 Å². The van der Waals surface area contributed by atoms with Gasteiger partial charge in [0, 0.05) is 27.1 Å². The second kappa shape index (κ2) is 8.36. The van der Waals surface area contributed by atoms with Crippen LogP contribution >= 0.6 is 11.6 Å². The molecule has 36 heavy (non-hydrogen) atoms. The molecule has 1 aliphatic carbocycles. The number of benzene rings is 4. The highest BCUT2D eigenvalue weighted by Gasteiger charge is 2.57. The van der Waals surface area contributed by atoms with E-state index in [1.807, 2.05) is 30.3 Å². The van der Waals surface area contributed by atoms with Crippen molar-refractivity contribution in [2.45, 2.75) is 24.4 Å². The maximum absolute atomic E-state index is 6.83. The molecule has 0 amide bonds. The van der Waals surface area contributed by atoms with Crippen LogP contribution in [0.3, 0.4) is 0 Å². The molecule has 0 bridgehead atoms. The zero-order chi connectivity index (χ0) is 24.1. The topological polar surface area (TPSA) is 22.1 Å². The number of ether oxygens (including phenoxy) is 1. The van der Waals surface area contributed by atoms with Crippen LogP contribution in [0.4, 0.5) is 0 Å². The molecule has 5 aromatic rings. The van der Waals surface area contributed by atoms with Crippen molar-refractivity contribution in [2.24, 2.45) is 0 Å². The predicted molar refractivity (Wildman–Crippen MR) is 148 cm³/mol. The number of halogens is 1. The second-order valence-electron chi connectivity index (χ2n) is 9.74. The zero-order valence-corrected chi connectivity index (χ0v) is 20.5. The van der Waals surface area contributed by atoms with Gasteiger partial charge in [-0.3, -0.25) is 4.98 Å². The van der Waals surface area contributed by atoms with Gasteiger partial charge in [0.15, 0.2) is 0 Å². The van der Waals surface area contributed by atoms with Crippen LogP contribution in [0, 0.1) is 0 Å². The molecule has 1 saturated carbocycles. The van der Waals surface area contributed by atoms with Crippen LogP contribution in [-0.4, -0.2) is 4.98 Å². The van der Waals surface area contributed by atoms with Crippen molar-refractivity contribution >= 4 is 34.2 Å². The van der Waals surface area contributed by atoms with Crippen molar-refractivity contribution in [3.8, 4) is 11.3 Å². The second-order valence-corrected chi connectivity index (χ2v) is 10.2. The summed E-state index contributed by atoms with van der Waals surface area (Å²) in [7, 11) is 0. The maximum atomic E-state index is 6.83. The number of rotatable bonds is 4. The van der Waals surface area contributed by atoms with E-state index in [1.165, 1.54) is 21.9 Å². The zero-order valence-electron chi connectivity index (χ0n) is 19.7. The summed E-state index contributed by atoms with van der Waals surface area (Å²) in [6.45, 7) is 0. The molecule has 2 heterocycles. The molecular weight excluding hydrogens is 462 g/mol. The van der Waals surface area contributed by atoms with Gasteiger partial charge in [0.05, 0.1) is 16.8 Å². The quantitative estimate of drug-likeness (QED) is 0.253. The third kappa shape index (κ3) is 3.53. The molecule has 4 aromatic carbocycles. The minimum absolute atomic E-state index is 0.0694. The molecule has 0 saturated heterocycles. The molecule has 7 rings (SSSR count). The first-order valence-corrected chi connectivity index (χ1v) is 12.8. The van der Waals surface area contributed by atoms with Crippen molar-refractivity contribution in [1.82, 2.24) is 4.98 Å². The molecule has 1 aliphatic heterocycles. The summed E-state index contributed by atoms with van der Waals surface area (Å²) in [5.74, 6) is 0.936. The van der Waals surface area contributed by atoms with E-state index in [1.54, 1.807) is 0 Å². The molecule has 1 unspecified atom stereocenters. The van der Waals surface area contributed by atoms with Crippen LogP contribution in [-0.2, 0) is 10.2 Å². The van der Waals surface area contributed by atoms with E-state index in [0.29, 0.717) is 0 Å². The lowest BCUT2D eigenvalue weighted by atomic mass is 9.86. The third-order valence-corrected chi connectivity index (χ3v) is 7.75. The van der Waals surface area contributed by atoms with Gasteiger partial charge in [-0.05, 0) is 48.1 Å². The van der Waals surface area contributed by atoms with Crippen molar-refractivity contribution in [3.05, 3.63) is 137 Å². The fourth-order valence-corrected chi connectivity index (χ4v) is 5.66. The Morgan fingerprint density at radius 2 is 1.53 bits per heavy atom. The largest absolute Gasteiger partial charge is 0.484 e. The van der Waals surface area contributed by atoms with Gasteiger partial charge in [-0.25, -0.2) is 0 Å². The molecule has 1 atom stereocenters. The Hall–Kier alpha value is -3.88. The summed E-state index contributed by atoms with van der Waals surface area (Å²) in [4.78, 5) is 5.32. The molecule has 1 fully saturated rings. The van der Waals surface area contributed by atoms with Gasteiger partial charge in [0.25, 0.3) is 0 Å². The van der Waals surface area contributed by atoms with E-state index < -0.39 is 0 Å². The highest BCUT2D eigenvalue weighted by Crippen LogP contribution is 2.62. The summed E-state index contributed by atoms with van der Waals surface area (Å²) in [6.07, 6.45) is 4.18. The van der Waals surface area contributed by atoms with Crippen molar-refractivity contribution < 1.29 is 4.74 Å². The molecule has 2 nitrogen and oxygen atoms in total. The lowest BCUT2D eigenvalue weighted by Gasteiger charge is -2.25. The van der Waals surface area contributed by atoms with Crippen molar-refractivity contribution in [1.29, 1.82) is 0 Å². The van der Waals surface area contributed by atoms with Crippen LogP contribution in [0.2, 0.25) is 5.02 Å². The average molecular weight is 486 g/mol. The fourth-order valence-electron chi connectivity index (χ4n) is 5.53. The number of aromatic nitrogens is 1. The molecule has 174 valence electrons. The number of hydrogen-bond donors (Lipinski definition) is 0. The minimum Gasteiger partial charge on any atom is -0.484 e. The van der Waals surface area contributed by atoms with Gasteiger partial charge < -0.3 is 4.74 Å². The van der Waals surface area contributed by atoms with Gasteiger partial charge in [-0.2, -0.15) is 0 Å².